The van der Waals surface area contributed by atoms with Gasteiger partial charge in [0.1, 0.15) is 5.38 Å². The van der Waals surface area contributed by atoms with Crippen LogP contribution < -0.4 is 10.9 Å². The van der Waals surface area contributed by atoms with Gasteiger partial charge in [0, 0.05) is 32.2 Å². The maximum atomic E-state index is 12.5. The van der Waals surface area contributed by atoms with Gasteiger partial charge in [-0.25, -0.2) is 5.43 Å². The standard InChI is InChI=1S/C16H24ClF3N4O3/c17-14-12(7-21-22-15(14)26)23-5-6-24(13(25)9-23)8-10-1-3-11(4-2-10)27-16(18,19)20/h10-12,14,21H,1-9H2,(H,22,26). The van der Waals surface area contributed by atoms with E-state index in [9.17, 15) is 22.8 Å². The van der Waals surface area contributed by atoms with Crippen LogP contribution in [0.5, 0.6) is 0 Å². The average molecular weight is 413 g/mol. The molecule has 11 heteroatoms. The molecule has 2 saturated heterocycles. The van der Waals surface area contributed by atoms with E-state index in [1.54, 1.807) is 4.90 Å². The van der Waals surface area contributed by atoms with Gasteiger partial charge in [0.15, 0.2) is 0 Å². The molecule has 3 aliphatic rings. The third kappa shape index (κ3) is 5.46. The van der Waals surface area contributed by atoms with Gasteiger partial charge in [0.2, 0.25) is 5.91 Å². The summed E-state index contributed by atoms with van der Waals surface area (Å²) in [6, 6.07) is -0.249. The minimum atomic E-state index is -4.59. The molecule has 154 valence electrons. The molecule has 2 heterocycles. The van der Waals surface area contributed by atoms with Crippen molar-refractivity contribution >= 4 is 23.4 Å². The van der Waals surface area contributed by atoms with E-state index in [1.165, 1.54) is 0 Å². The highest BCUT2D eigenvalue weighted by Gasteiger charge is 2.39. The number of nitrogens with one attached hydrogen (secondary N) is 2. The fraction of sp³-hybridized carbons (Fsp3) is 0.875. The Bertz CT molecular complexity index is 558. The van der Waals surface area contributed by atoms with Gasteiger partial charge >= 0.3 is 6.36 Å². The predicted molar refractivity (Wildman–Crippen MR) is 90.6 cm³/mol. The Morgan fingerprint density at radius 1 is 1.15 bits per heavy atom. The number of carbonyl (C=O) groups excluding carboxylic acids is 2. The second-order valence-corrected chi connectivity index (χ2v) is 7.83. The Kier molecular flexibility index (Phi) is 6.50. The van der Waals surface area contributed by atoms with E-state index in [-0.39, 0.29) is 30.3 Å². The lowest BCUT2D eigenvalue weighted by Gasteiger charge is -2.42. The second-order valence-electron chi connectivity index (χ2n) is 7.36. The highest BCUT2D eigenvalue weighted by molar-refractivity contribution is 6.31. The molecule has 0 aromatic rings. The fourth-order valence-electron chi connectivity index (χ4n) is 4.04. The molecule has 0 bridgehead atoms. The molecule has 1 aliphatic carbocycles. The van der Waals surface area contributed by atoms with Crippen molar-refractivity contribution in [3.05, 3.63) is 0 Å². The lowest BCUT2D eigenvalue weighted by atomic mass is 9.87. The van der Waals surface area contributed by atoms with Crippen molar-refractivity contribution in [2.75, 3.05) is 32.7 Å². The van der Waals surface area contributed by atoms with Crippen LogP contribution in [0.4, 0.5) is 13.2 Å². The zero-order valence-corrected chi connectivity index (χ0v) is 15.6. The maximum Gasteiger partial charge on any atom is 0.522 e. The smallest absolute Gasteiger partial charge is 0.340 e. The third-order valence-corrected chi connectivity index (χ3v) is 5.99. The summed E-state index contributed by atoms with van der Waals surface area (Å²) in [6.45, 7) is 2.35. The van der Waals surface area contributed by atoms with E-state index in [2.05, 4.69) is 15.6 Å². The van der Waals surface area contributed by atoms with Crippen LogP contribution in [0.25, 0.3) is 0 Å². The number of hydrogen-bond donors (Lipinski definition) is 2. The summed E-state index contributed by atoms with van der Waals surface area (Å²) in [5, 5.41) is -0.713. The van der Waals surface area contributed by atoms with Gasteiger partial charge in [-0.3, -0.25) is 24.7 Å². The number of hydrazine groups is 1. The van der Waals surface area contributed by atoms with E-state index in [4.69, 9.17) is 11.6 Å². The molecule has 3 rings (SSSR count). The molecule has 1 saturated carbocycles. The first kappa shape index (κ1) is 20.6. The SMILES string of the molecule is O=C1NNCC(N2CCN(CC3CCC(OC(F)(F)F)CC3)C(=O)C2)C1Cl. The molecule has 2 amide bonds. The maximum absolute atomic E-state index is 12.5. The van der Waals surface area contributed by atoms with Crippen molar-refractivity contribution in [1.82, 2.24) is 20.7 Å². The van der Waals surface area contributed by atoms with Crippen LogP contribution >= 0.6 is 11.6 Å². The first-order chi connectivity index (χ1) is 12.7. The molecule has 2 aliphatic heterocycles. The summed E-state index contributed by atoms with van der Waals surface area (Å²) in [6.07, 6.45) is -3.42. The number of amides is 2. The molecule has 7 nitrogen and oxygen atoms in total. The Balaban J connectivity index is 1.44. The van der Waals surface area contributed by atoms with Gasteiger partial charge in [0.25, 0.3) is 5.91 Å². The summed E-state index contributed by atoms with van der Waals surface area (Å²) < 4.78 is 41.0. The number of rotatable bonds is 4. The first-order valence-corrected chi connectivity index (χ1v) is 9.59. The fourth-order valence-corrected chi connectivity index (χ4v) is 4.34. The van der Waals surface area contributed by atoms with Crippen molar-refractivity contribution in [3.63, 3.8) is 0 Å². The zero-order valence-electron chi connectivity index (χ0n) is 14.8. The highest BCUT2D eigenvalue weighted by atomic mass is 35.5. The van der Waals surface area contributed by atoms with E-state index < -0.39 is 17.8 Å². The molecule has 0 aromatic heterocycles. The number of alkyl halides is 4. The average Bonchev–Trinajstić information content (AvgIpc) is 2.59. The van der Waals surface area contributed by atoms with Gasteiger partial charge in [-0.05, 0) is 31.6 Å². The molecular weight excluding hydrogens is 389 g/mol. The summed E-state index contributed by atoms with van der Waals surface area (Å²) in [5.41, 5.74) is 5.25. The van der Waals surface area contributed by atoms with E-state index in [0.717, 1.165) is 0 Å². The van der Waals surface area contributed by atoms with Crippen molar-refractivity contribution < 1.29 is 27.5 Å². The molecule has 27 heavy (non-hydrogen) atoms. The normalized spacial score (nSPS) is 33.9. The van der Waals surface area contributed by atoms with Crippen molar-refractivity contribution in [1.29, 1.82) is 0 Å². The quantitative estimate of drug-likeness (QED) is 0.669. The summed E-state index contributed by atoms with van der Waals surface area (Å²) >= 11 is 6.16. The molecule has 2 atom stereocenters. The lowest BCUT2D eigenvalue weighted by Crippen LogP contribution is -2.65. The minimum Gasteiger partial charge on any atom is -0.340 e. The Morgan fingerprint density at radius 3 is 2.48 bits per heavy atom. The molecule has 0 radical (unpaired) electrons. The highest BCUT2D eigenvalue weighted by Crippen LogP contribution is 2.31. The second kappa shape index (κ2) is 8.50. The van der Waals surface area contributed by atoms with Crippen LogP contribution in [0, 0.1) is 5.92 Å². The number of nitrogens with zero attached hydrogens (tertiary/aromatic N) is 2. The van der Waals surface area contributed by atoms with Crippen LogP contribution in [0.2, 0.25) is 0 Å². The number of carbonyl (C=O) groups is 2. The van der Waals surface area contributed by atoms with Gasteiger partial charge in [0.05, 0.1) is 12.6 Å². The van der Waals surface area contributed by atoms with E-state index in [1.807, 2.05) is 4.90 Å². The van der Waals surface area contributed by atoms with Crippen LogP contribution in [0.1, 0.15) is 25.7 Å². The molecule has 0 aromatic carbocycles. The number of ether oxygens (including phenoxy) is 1. The first-order valence-electron chi connectivity index (χ1n) is 9.16. The Hall–Kier alpha value is -1.10. The predicted octanol–water partition coefficient (Wildman–Crippen LogP) is 0.836. The Morgan fingerprint density at radius 2 is 1.85 bits per heavy atom. The van der Waals surface area contributed by atoms with Crippen LogP contribution in [0.3, 0.4) is 0 Å². The summed E-state index contributed by atoms with van der Waals surface area (Å²) in [7, 11) is 0. The minimum absolute atomic E-state index is 0.0373. The molecule has 0 spiro atoms. The van der Waals surface area contributed by atoms with Gasteiger partial charge in [-0.15, -0.1) is 24.8 Å². The molecule has 2 N–H and O–H groups in total. The summed E-state index contributed by atoms with van der Waals surface area (Å²) in [4.78, 5) is 27.9. The topological polar surface area (TPSA) is 73.9 Å². The van der Waals surface area contributed by atoms with Crippen LogP contribution in [-0.4, -0.2) is 78.2 Å². The van der Waals surface area contributed by atoms with Crippen molar-refractivity contribution in [2.24, 2.45) is 5.92 Å². The van der Waals surface area contributed by atoms with Crippen molar-refractivity contribution in [2.45, 2.75) is 49.6 Å². The molecular formula is C16H24ClF3N4O3. The van der Waals surface area contributed by atoms with Gasteiger partial charge in [-0.1, -0.05) is 0 Å². The van der Waals surface area contributed by atoms with Gasteiger partial charge < -0.3 is 4.90 Å². The van der Waals surface area contributed by atoms with E-state index >= 15 is 0 Å². The molecule has 3 fully saturated rings. The zero-order chi connectivity index (χ0) is 19.6. The molecule has 2 unspecified atom stereocenters. The number of halogens is 4. The largest absolute Gasteiger partial charge is 0.522 e. The Labute approximate surface area is 160 Å². The third-order valence-electron chi connectivity index (χ3n) is 5.50. The number of piperazine rings is 1. The monoisotopic (exact) mass is 412 g/mol. The van der Waals surface area contributed by atoms with Crippen LogP contribution in [0.15, 0.2) is 0 Å². The lowest BCUT2D eigenvalue weighted by molar-refractivity contribution is -0.345. The number of hydrogen-bond acceptors (Lipinski definition) is 5. The van der Waals surface area contributed by atoms with Crippen LogP contribution in [-0.2, 0) is 14.3 Å². The van der Waals surface area contributed by atoms with Crippen molar-refractivity contribution in [3.8, 4) is 0 Å². The van der Waals surface area contributed by atoms with E-state index in [0.29, 0.717) is 51.9 Å². The summed E-state index contributed by atoms with van der Waals surface area (Å²) in [5.74, 6) is -0.151. The van der Waals surface area contributed by atoms with Gasteiger partial charge in [-0.2, -0.15) is 0 Å².